The van der Waals surface area contributed by atoms with E-state index >= 15 is 0 Å². The minimum absolute atomic E-state index is 0.444. The number of nitrogens with one attached hydrogen (secondary N) is 2. The molecule has 0 spiro atoms. The summed E-state index contributed by atoms with van der Waals surface area (Å²) in [6.45, 7) is 1.83. The first-order valence-electron chi connectivity index (χ1n) is 6.25. The Kier molecular flexibility index (Phi) is 4.40. The Morgan fingerprint density at radius 1 is 1.05 bits per heavy atom. The maximum Gasteiger partial charge on any atom is 0.417 e. The fourth-order valence-electron chi connectivity index (χ4n) is 1.71. The van der Waals surface area contributed by atoms with E-state index in [2.05, 4.69) is 10.6 Å². The van der Waals surface area contributed by atoms with Gasteiger partial charge in [0.05, 0.1) is 0 Å². The summed E-state index contributed by atoms with van der Waals surface area (Å²) in [5.74, 6) is 0.444. The van der Waals surface area contributed by atoms with Crippen LogP contribution < -0.4 is 21.1 Å². The molecule has 3 amide bonds. The van der Waals surface area contributed by atoms with Gasteiger partial charge in [-0.15, -0.1) is 0 Å². The van der Waals surface area contributed by atoms with Gasteiger partial charge in [0, 0.05) is 11.4 Å². The summed E-state index contributed by atoms with van der Waals surface area (Å²) in [4.78, 5) is 22.6. The average molecular weight is 285 g/mol. The van der Waals surface area contributed by atoms with E-state index in [1.807, 2.05) is 13.0 Å². The third-order valence-electron chi connectivity index (χ3n) is 2.70. The van der Waals surface area contributed by atoms with Gasteiger partial charge in [0.25, 0.3) is 0 Å². The number of rotatable bonds is 3. The summed E-state index contributed by atoms with van der Waals surface area (Å²) >= 11 is 0. The first kappa shape index (κ1) is 14.4. The van der Waals surface area contributed by atoms with Crippen molar-refractivity contribution in [2.45, 2.75) is 6.92 Å². The second-order valence-electron chi connectivity index (χ2n) is 4.35. The van der Waals surface area contributed by atoms with Crippen LogP contribution >= 0.6 is 0 Å². The molecule has 0 aromatic heterocycles. The van der Waals surface area contributed by atoms with Crippen molar-refractivity contribution in [2.75, 3.05) is 10.6 Å². The van der Waals surface area contributed by atoms with Crippen molar-refractivity contribution >= 4 is 23.5 Å². The van der Waals surface area contributed by atoms with Gasteiger partial charge in [0.15, 0.2) is 0 Å². The lowest BCUT2D eigenvalue weighted by Crippen LogP contribution is -2.20. The largest absolute Gasteiger partial charge is 0.417 e. The maximum absolute atomic E-state index is 11.8. The van der Waals surface area contributed by atoms with E-state index in [-0.39, 0.29) is 0 Å². The summed E-state index contributed by atoms with van der Waals surface area (Å²) in [6.07, 6.45) is -0.611. The Labute approximate surface area is 121 Å². The lowest BCUT2D eigenvalue weighted by molar-refractivity contribution is 0.215. The molecular weight excluding hydrogens is 270 g/mol. The van der Waals surface area contributed by atoms with Crippen LogP contribution in [-0.4, -0.2) is 12.1 Å². The second kappa shape index (κ2) is 6.42. The number of ether oxygens (including phenoxy) is 1. The van der Waals surface area contributed by atoms with Crippen molar-refractivity contribution in [1.29, 1.82) is 0 Å². The van der Waals surface area contributed by atoms with Gasteiger partial charge in [-0.3, -0.25) is 5.32 Å². The molecule has 6 nitrogen and oxygen atoms in total. The average Bonchev–Trinajstić information content (AvgIpc) is 2.43. The highest BCUT2D eigenvalue weighted by molar-refractivity contribution is 5.91. The van der Waals surface area contributed by atoms with Gasteiger partial charge in [-0.1, -0.05) is 24.3 Å². The Morgan fingerprint density at radius 2 is 1.76 bits per heavy atom. The first-order chi connectivity index (χ1) is 10.0. The summed E-state index contributed by atoms with van der Waals surface area (Å²) in [5, 5.41) is 5.06. The van der Waals surface area contributed by atoms with Crippen LogP contribution in [0.5, 0.6) is 5.75 Å². The summed E-state index contributed by atoms with van der Waals surface area (Å²) in [7, 11) is 0. The Hall–Kier alpha value is -3.02. The van der Waals surface area contributed by atoms with Gasteiger partial charge in [0.1, 0.15) is 5.75 Å². The molecule has 0 fully saturated rings. The van der Waals surface area contributed by atoms with Gasteiger partial charge >= 0.3 is 12.1 Å². The number of nitrogens with two attached hydrogens (primary N) is 1. The molecule has 0 aliphatic rings. The molecule has 2 aromatic carbocycles. The van der Waals surface area contributed by atoms with Gasteiger partial charge < -0.3 is 15.8 Å². The quantitative estimate of drug-likeness (QED) is 0.808. The Morgan fingerprint density at radius 3 is 2.43 bits per heavy atom. The first-order valence-corrected chi connectivity index (χ1v) is 6.25. The van der Waals surface area contributed by atoms with E-state index in [1.54, 1.807) is 42.5 Å². The minimum atomic E-state index is -0.670. The molecule has 21 heavy (non-hydrogen) atoms. The highest BCUT2D eigenvalue weighted by Crippen LogP contribution is 2.21. The van der Waals surface area contributed by atoms with E-state index < -0.39 is 12.1 Å². The molecule has 0 saturated carbocycles. The summed E-state index contributed by atoms with van der Waals surface area (Å²) in [5.41, 5.74) is 6.90. The van der Waals surface area contributed by atoms with Crippen LogP contribution in [0.4, 0.5) is 21.0 Å². The monoisotopic (exact) mass is 285 g/mol. The molecule has 0 aliphatic carbocycles. The van der Waals surface area contributed by atoms with E-state index in [0.717, 1.165) is 5.56 Å². The van der Waals surface area contributed by atoms with Crippen molar-refractivity contribution in [3.63, 3.8) is 0 Å². The number of amides is 3. The Bertz CT molecular complexity index is 656. The topological polar surface area (TPSA) is 93.5 Å². The maximum atomic E-state index is 11.8. The van der Waals surface area contributed by atoms with Crippen molar-refractivity contribution in [3.8, 4) is 5.75 Å². The zero-order valence-corrected chi connectivity index (χ0v) is 11.4. The predicted octanol–water partition coefficient (Wildman–Crippen LogP) is 3.10. The molecule has 0 aliphatic heterocycles. The third kappa shape index (κ3) is 4.24. The number of aryl methyl sites for hydroxylation is 1. The number of anilines is 2. The predicted molar refractivity (Wildman–Crippen MR) is 80.5 cm³/mol. The number of benzene rings is 2. The standard InChI is InChI=1S/C15H15N3O3/c1-10-7-8-11(17-14(16)19)9-13(10)18-15(20)21-12-5-3-2-4-6-12/h2-9H,1H3,(H,18,20)(H3,16,17,19). The number of hydrogen-bond donors (Lipinski definition) is 3. The van der Waals surface area contributed by atoms with Crippen molar-refractivity contribution < 1.29 is 14.3 Å². The molecule has 4 N–H and O–H groups in total. The number of hydrogen-bond acceptors (Lipinski definition) is 3. The van der Waals surface area contributed by atoms with Crippen molar-refractivity contribution in [2.24, 2.45) is 5.73 Å². The number of para-hydroxylation sites is 1. The number of carbonyl (C=O) groups excluding carboxylic acids is 2. The number of carbonyl (C=O) groups is 2. The van der Waals surface area contributed by atoms with E-state index in [9.17, 15) is 9.59 Å². The fourth-order valence-corrected chi connectivity index (χ4v) is 1.71. The zero-order chi connectivity index (χ0) is 15.2. The fraction of sp³-hybridized carbons (Fsp3) is 0.0667. The normalized spacial score (nSPS) is 9.76. The van der Waals surface area contributed by atoms with Crippen molar-refractivity contribution in [3.05, 3.63) is 54.1 Å². The molecule has 6 heteroatoms. The van der Waals surface area contributed by atoms with Gasteiger partial charge in [-0.05, 0) is 36.8 Å². The molecular formula is C15H15N3O3. The highest BCUT2D eigenvalue weighted by Gasteiger charge is 2.08. The lowest BCUT2D eigenvalue weighted by Gasteiger charge is -2.11. The molecule has 108 valence electrons. The molecule has 0 radical (unpaired) electrons. The van der Waals surface area contributed by atoms with Crippen LogP contribution in [0.3, 0.4) is 0 Å². The van der Waals surface area contributed by atoms with E-state index in [4.69, 9.17) is 10.5 Å². The van der Waals surface area contributed by atoms with Gasteiger partial charge in [0.2, 0.25) is 0 Å². The molecule has 0 atom stereocenters. The molecule has 2 rings (SSSR count). The number of primary amides is 1. The highest BCUT2D eigenvalue weighted by atomic mass is 16.6. The van der Waals surface area contributed by atoms with Crippen LogP contribution in [0.25, 0.3) is 0 Å². The third-order valence-corrected chi connectivity index (χ3v) is 2.70. The van der Waals surface area contributed by atoms with Crippen LogP contribution in [0.1, 0.15) is 5.56 Å². The molecule has 0 saturated heterocycles. The van der Waals surface area contributed by atoms with Gasteiger partial charge in [-0.2, -0.15) is 0 Å². The lowest BCUT2D eigenvalue weighted by atomic mass is 10.2. The number of urea groups is 1. The zero-order valence-electron chi connectivity index (χ0n) is 11.4. The molecule has 0 unspecified atom stereocenters. The van der Waals surface area contributed by atoms with Crippen molar-refractivity contribution in [1.82, 2.24) is 0 Å². The molecule has 0 bridgehead atoms. The summed E-state index contributed by atoms with van der Waals surface area (Å²) < 4.78 is 5.13. The molecule has 2 aromatic rings. The Balaban J connectivity index is 2.07. The van der Waals surface area contributed by atoms with Crippen LogP contribution in [0, 0.1) is 6.92 Å². The van der Waals surface area contributed by atoms with Crippen LogP contribution in [0.2, 0.25) is 0 Å². The van der Waals surface area contributed by atoms with Crippen LogP contribution in [0.15, 0.2) is 48.5 Å². The second-order valence-corrected chi connectivity index (χ2v) is 4.35. The van der Waals surface area contributed by atoms with E-state index in [0.29, 0.717) is 17.1 Å². The molecule has 0 heterocycles. The SMILES string of the molecule is Cc1ccc(NC(N)=O)cc1NC(=O)Oc1ccccc1. The summed E-state index contributed by atoms with van der Waals surface area (Å²) in [6, 6.07) is 13.1. The van der Waals surface area contributed by atoms with Gasteiger partial charge in [-0.25, -0.2) is 9.59 Å². The smallest absolute Gasteiger partial charge is 0.410 e. The minimum Gasteiger partial charge on any atom is -0.410 e. The van der Waals surface area contributed by atoms with E-state index in [1.165, 1.54) is 0 Å². The van der Waals surface area contributed by atoms with Crippen LogP contribution in [-0.2, 0) is 0 Å².